The number of carbonyl (C=O) groups excluding carboxylic acids is 1. The Balaban J connectivity index is 0.00000161. The largest absolute Gasteiger partial charge is 0.336 e. The third-order valence-corrected chi connectivity index (χ3v) is 4.93. The zero-order valence-corrected chi connectivity index (χ0v) is 14.5. The van der Waals surface area contributed by atoms with E-state index in [4.69, 9.17) is 0 Å². The van der Waals surface area contributed by atoms with Gasteiger partial charge in [-0.25, -0.2) is 0 Å². The Morgan fingerprint density at radius 2 is 2.24 bits per heavy atom. The first kappa shape index (κ1) is 16.8. The fraction of sp³-hybridized carbons (Fsp3) is 0.562. The molecule has 0 spiro atoms. The quantitative estimate of drug-likeness (QED) is 0.879. The van der Waals surface area contributed by atoms with Crippen LogP contribution in [0, 0.1) is 5.92 Å². The summed E-state index contributed by atoms with van der Waals surface area (Å²) in [5.74, 6) is 0.868. The van der Waals surface area contributed by atoms with Gasteiger partial charge in [0.25, 0.3) is 0 Å². The second-order valence-corrected chi connectivity index (χ2v) is 6.78. The predicted molar refractivity (Wildman–Crippen MR) is 90.7 cm³/mol. The molecule has 2 unspecified atom stereocenters. The lowest BCUT2D eigenvalue weighted by atomic mass is 10.0. The summed E-state index contributed by atoms with van der Waals surface area (Å²) in [5, 5.41) is 3.34. The van der Waals surface area contributed by atoms with Gasteiger partial charge in [-0.05, 0) is 56.0 Å². The highest BCUT2D eigenvalue weighted by atomic mass is 79.9. The molecule has 0 bridgehead atoms. The Hall–Kier alpha value is -0.580. The molecule has 2 aliphatic rings. The minimum Gasteiger partial charge on any atom is -0.336 e. The van der Waals surface area contributed by atoms with Crippen molar-refractivity contribution in [2.24, 2.45) is 5.92 Å². The average molecular weight is 374 g/mol. The van der Waals surface area contributed by atoms with Crippen molar-refractivity contribution in [3.8, 4) is 0 Å². The monoisotopic (exact) mass is 372 g/mol. The Morgan fingerprint density at radius 3 is 2.95 bits per heavy atom. The minimum absolute atomic E-state index is 0. The van der Waals surface area contributed by atoms with Gasteiger partial charge in [0.15, 0.2) is 0 Å². The van der Waals surface area contributed by atoms with Gasteiger partial charge in [-0.3, -0.25) is 4.79 Å². The van der Waals surface area contributed by atoms with E-state index >= 15 is 0 Å². The van der Waals surface area contributed by atoms with E-state index in [-0.39, 0.29) is 18.4 Å². The van der Waals surface area contributed by atoms with Gasteiger partial charge in [0.05, 0.1) is 6.04 Å². The van der Waals surface area contributed by atoms with Crippen molar-refractivity contribution in [3.05, 3.63) is 34.3 Å². The number of nitrogens with zero attached hydrogens (tertiary/aromatic N) is 1. The molecule has 1 amide bonds. The van der Waals surface area contributed by atoms with Gasteiger partial charge >= 0.3 is 0 Å². The molecule has 0 saturated carbocycles. The lowest BCUT2D eigenvalue weighted by molar-refractivity contribution is -0.133. The predicted octanol–water partition coefficient (Wildman–Crippen LogP) is 3.53. The number of amides is 1. The second-order valence-electron chi connectivity index (χ2n) is 5.86. The highest BCUT2D eigenvalue weighted by Crippen LogP contribution is 2.34. The first-order chi connectivity index (χ1) is 9.74. The molecule has 2 fully saturated rings. The summed E-state index contributed by atoms with van der Waals surface area (Å²) in [5.41, 5.74) is 1.26. The number of likely N-dealkylation sites (tertiary alicyclic amines) is 1. The molecule has 21 heavy (non-hydrogen) atoms. The third kappa shape index (κ3) is 3.99. The molecule has 1 aromatic carbocycles. The number of halogens is 2. The molecule has 116 valence electrons. The molecule has 5 heteroatoms. The van der Waals surface area contributed by atoms with Crippen molar-refractivity contribution >= 4 is 34.2 Å². The van der Waals surface area contributed by atoms with Gasteiger partial charge in [-0.15, -0.1) is 12.4 Å². The van der Waals surface area contributed by atoms with E-state index in [1.54, 1.807) is 0 Å². The molecule has 2 aliphatic heterocycles. The van der Waals surface area contributed by atoms with Gasteiger partial charge in [0, 0.05) is 17.4 Å². The molecule has 3 nitrogen and oxygen atoms in total. The van der Waals surface area contributed by atoms with Crippen LogP contribution in [-0.4, -0.2) is 30.4 Å². The van der Waals surface area contributed by atoms with Crippen LogP contribution >= 0.6 is 28.3 Å². The van der Waals surface area contributed by atoms with Crippen molar-refractivity contribution in [1.82, 2.24) is 10.2 Å². The topological polar surface area (TPSA) is 32.3 Å². The SMILES string of the molecule is Cl.O=C(CC1CCNC1)N1CCCC1c1cccc(Br)c1. The number of hydrogen-bond donors (Lipinski definition) is 1. The Morgan fingerprint density at radius 1 is 1.38 bits per heavy atom. The number of carbonyl (C=O) groups is 1. The molecule has 1 N–H and O–H groups in total. The number of hydrogen-bond acceptors (Lipinski definition) is 2. The summed E-state index contributed by atoms with van der Waals surface area (Å²) >= 11 is 3.53. The fourth-order valence-corrected chi connectivity index (χ4v) is 3.80. The Bertz CT molecular complexity index is 491. The van der Waals surface area contributed by atoms with Gasteiger partial charge in [0.1, 0.15) is 0 Å². The van der Waals surface area contributed by atoms with Crippen LogP contribution in [0.2, 0.25) is 0 Å². The Labute approximate surface area is 141 Å². The van der Waals surface area contributed by atoms with E-state index in [0.29, 0.717) is 18.2 Å². The molecular formula is C16H22BrClN2O. The summed E-state index contributed by atoms with van der Waals surface area (Å²) in [6, 6.07) is 8.65. The first-order valence-corrected chi connectivity index (χ1v) is 8.29. The maximum absolute atomic E-state index is 12.6. The minimum atomic E-state index is 0. The molecule has 1 aromatic rings. The summed E-state index contributed by atoms with van der Waals surface area (Å²) < 4.78 is 1.09. The van der Waals surface area contributed by atoms with E-state index in [1.807, 2.05) is 6.07 Å². The molecule has 0 radical (unpaired) electrons. The zero-order chi connectivity index (χ0) is 13.9. The van der Waals surface area contributed by atoms with Gasteiger partial charge in [0.2, 0.25) is 5.91 Å². The molecule has 3 rings (SSSR count). The molecule has 0 aromatic heterocycles. The van der Waals surface area contributed by atoms with E-state index in [9.17, 15) is 4.79 Å². The summed E-state index contributed by atoms with van der Waals surface area (Å²) in [6.45, 7) is 2.98. The lowest BCUT2D eigenvalue weighted by Gasteiger charge is -2.26. The Kier molecular flexibility index (Phi) is 6.08. The highest BCUT2D eigenvalue weighted by Gasteiger charge is 2.31. The van der Waals surface area contributed by atoms with E-state index in [0.717, 1.165) is 43.4 Å². The normalized spacial score (nSPS) is 24.9. The summed E-state index contributed by atoms with van der Waals surface area (Å²) in [7, 11) is 0. The van der Waals surface area contributed by atoms with Crippen LogP contribution in [0.15, 0.2) is 28.7 Å². The molecule has 0 aliphatic carbocycles. The van der Waals surface area contributed by atoms with Crippen LogP contribution in [0.3, 0.4) is 0 Å². The van der Waals surface area contributed by atoms with Gasteiger partial charge < -0.3 is 10.2 Å². The molecular weight excluding hydrogens is 352 g/mol. The van der Waals surface area contributed by atoms with Crippen molar-refractivity contribution in [2.45, 2.75) is 31.7 Å². The van der Waals surface area contributed by atoms with E-state index in [1.165, 1.54) is 5.56 Å². The van der Waals surface area contributed by atoms with Crippen molar-refractivity contribution < 1.29 is 4.79 Å². The van der Waals surface area contributed by atoms with E-state index < -0.39 is 0 Å². The number of nitrogens with one attached hydrogen (secondary N) is 1. The number of benzene rings is 1. The van der Waals surface area contributed by atoms with E-state index in [2.05, 4.69) is 44.3 Å². The van der Waals surface area contributed by atoms with Crippen molar-refractivity contribution in [1.29, 1.82) is 0 Å². The van der Waals surface area contributed by atoms with Crippen LogP contribution < -0.4 is 5.32 Å². The maximum Gasteiger partial charge on any atom is 0.223 e. The summed E-state index contributed by atoms with van der Waals surface area (Å²) in [4.78, 5) is 14.7. The van der Waals surface area contributed by atoms with Crippen LogP contribution in [0.1, 0.15) is 37.3 Å². The number of rotatable bonds is 3. The maximum atomic E-state index is 12.6. The van der Waals surface area contributed by atoms with Crippen LogP contribution in [0.4, 0.5) is 0 Å². The fourth-order valence-electron chi connectivity index (χ4n) is 3.38. The highest BCUT2D eigenvalue weighted by molar-refractivity contribution is 9.10. The van der Waals surface area contributed by atoms with Crippen LogP contribution in [0.5, 0.6) is 0 Å². The summed E-state index contributed by atoms with van der Waals surface area (Å²) in [6.07, 6.45) is 4.05. The van der Waals surface area contributed by atoms with Gasteiger partial charge in [-0.2, -0.15) is 0 Å². The second kappa shape index (κ2) is 7.61. The van der Waals surface area contributed by atoms with Crippen molar-refractivity contribution in [2.75, 3.05) is 19.6 Å². The molecule has 2 atom stereocenters. The zero-order valence-electron chi connectivity index (χ0n) is 12.1. The lowest BCUT2D eigenvalue weighted by Crippen LogP contribution is -2.32. The van der Waals surface area contributed by atoms with Gasteiger partial charge in [-0.1, -0.05) is 28.1 Å². The molecule has 2 saturated heterocycles. The third-order valence-electron chi connectivity index (χ3n) is 4.43. The smallest absolute Gasteiger partial charge is 0.223 e. The molecule has 2 heterocycles. The van der Waals surface area contributed by atoms with Crippen LogP contribution in [0.25, 0.3) is 0 Å². The van der Waals surface area contributed by atoms with Crippen LogP contribution in [-0.2, 0) is 4.79 Å². The van der Waals surface area contributed by atoms with Crippen molar-refractivity contribution in [3.63, 3.8) is 0 Å². The standard InChI is InChI=1S/C16H21BrN2O.ClH/c17-14-4-1-3-13(10-14)15-5-2-8-19(15)16(20)9-12-6-7-18-11-12;/h1,3-4,10,12,15,18H,2,5-9,11H2;1H. The average Bonchev–Trinajstić information content (AvgIpc) is 3.09. The first-order valence-electron chi connectivity index (χ1n) is 7.49.